The summed E-state index contributed by atoms with van der Waals surface area (Å²) in [5.41, 5.74) is 1.95. The quantitative estimate of drug-likeness (QED) is 0.672. The lowest BCUT2D eigenvalue weighted by Crippen LogP contribution is -2.57. The summed E-state index contributed by atoms with van der Waals surface area (Å²) in [6, 6.07) is 12.6. The number of nitrogens with one attached hydrogen (secondary N) is 2. The number of alkyl halides is 3. The molecule has 0 saturated heterocycles. The van der Waals surface area contributed by atoms with Gasteiger partial charge in [-0.25, -0.2) is 4.39 Å². The molecule has 162 valence electrons. The van der Waals surface area contributed by atoms with Gasteiger partial charge >= 0.3 is 12.1 Å². The maximum Gasteiger partial charge on any atom is 0.471 e. The van der Waals surface area contributed by atoms with Crippen molar-refractivity contribution in [3.8, 4) is 11.1 Å². The van der Waals surface area contributed by atoms with E-state index >= 15 is 0 Å². The van der Waals surface area contributed by atoms with Crippen molar-refractivity contribution in [1.29, 1.82) is 0 Å². The summed E-state index contributed by atoms with van der Waals surface area (Å²) in [5, 5.41) is 5.33. The summed E-state index contributed by atoms with van der Waals surface area (Å²) >= 11 is 0. The number of halogens is 4. The molecule has 7 heteroatoms. The van der Waals surface area contributed by atoms with Crippen LogP contribution in [0.3, 0.4) is 0 Å². The van der Waals surface area contributed by atoms with Gasteiger partial charge in [0.05, 0.1) is 0 Å². The van der Waals surface area contributed by atoms with Crippen LogP contribution in [0.4, 0.5) is 17.6 Å². The molecular formula is C23H26F4N2O. The highest BCUT2D eigenvalue weighted by Crippen LogP contribution is 2.34. The van der Waals surface area contributed by atoms with Crippen LogP contribution in [0.15, 0.2) is 42.5 Å². The molecule has 0 atom stereocenters. The van der Waals surface area contributed by atoms with Gasteiger partial charge in [-0.15, -0.1) is 0 Å². The molecular weight excluding hydrogens is 396 g/mol. The van der Waals surface area contributed by atoms with Crippen LogP contribution < -0.4 is 10.6 Å². The molecule has 2 aromatic carbocycles. The minimum absolute atomic E-state index is 0.0107. The lowest BCUT2D eigenvalue weighted by atomic mass is 9.75. The van der Waals surface area contributed by atoms with Crippen molar-refractivity contribution >= 4 is 5.91 Å². The number of amides is 1. The van der Waals surface area contributed by atoms with Crippen LogP contribution in [0.25, 0.3) is 11.1 Å². The molecule has 2 N–H and O–H groups in total. The molecule has 2 aromatic rings. The summed E-state index contributed by atoms with van der Waals surface area (Å²) in [5.74, 6) is -2.46. The number of carbonyl (C=O) groups is 1. The molecule has 1 amide bonds. The molecule has 1 saturated carbocycles. The Morgan fingerprint density at radius 2 is 1.67 bits per heavy atom. The number of hydrogen-bond donors (Lipinski definition) is 2. The maximum atomic E-state index is 14.6. The van der Waals surface area contributed by atoms with Crippen LogP contribution in [0.5, 0.6) is 0 Å². The molecule has 1 aliphatic rings. The summed E-state index contributed by atoms with van der Waals surface area (Å²) in [6.45, 7) is 1.97. The molecule has 1 fully saturated rings. The van der Waals surface area contributed by atoms with Gasteiger partial charge in [0.1, 0.15) is 5.82 Å². The van der Waals surface area contributed by atoms with Crippen LogP contribution in [-0.4, -0.2) is 30.7 Å². The standard InChI is InChI=1S/C23H26F4N2O/c1-15-3-5-16(6-4-15)17-7-8-20(24)18(13-17)14-22(29-21(30)23(25,26)27)11-9-19(28-2)10-12-22/h3-8,13,19,28H,9-12,14H2,1-2H3,(H,29,30). The van der Waals surface area contributed by atoms with E-state index < -0.39 is 23.4 Å². The van der Waals surface area contributed by atoms with Crippen molar-refractivity contribution in [2.75, 3.05) is 7.05 Å². The molecule has 1 aliphatic carbocycles. The first-order valence-electron chi connectivity index (χ1n) is 10.0. The van der Waals surface area contributed by atoms with Gasteiger partial charge in [-0.2, -0.15) is 13.2 Å². The van der Waals surface area contributed by atoms with E-state index in [1.165, 1.54) is 6.07 Å². The maximum absolute atomic E-state index is 14.6. The summed E-state index contributed by atoms with van der Waals surface area (Å²) in [6.07, 6.45) is -3.07. The Morgan fingerprint density at radius 3 is 2.23 bits per heavy atom. The minimum atomic E-state index is -4.98. The predicted octanol–water partition coefficient (Wildman–Crippen LogP) is 4.92. The zero-order valence-corrected chi connectivity index (χ0v) is 17.1. The van der Waals surface area contributed by atoms with Crippen LogP contribution in [0.1, 0.15) is 36.8 Å². The van der Waals surface area contributed by atoms with Crippen molar-refractivity contribution in [3.63, 3.8) is 0 Å². The first-order chi connectivity index (χ1) is 14.1. The van der Waals surface area contributed by atoms with Gasteiger partial charge in [-0.1, -0.05) is 35.9 Å². The Kier molecular flexibility index (Phi) is 6.50. The Morgan fingerprint density at radius 1 is 1.07 bits per heavy atom. The van der Waals surface area contributed by atoms with Gasteiger partial charge in [0.15, 0.2) is 0 Å². The molecule has 3 nitrogen and oxygen atoms in total. The predicted molar refractivity (Wildman–Crippen MR) is 109 cm³/mol. The lowest BCUT2D eigenvalue weighted by molar-refractivity contribution is -0.176. The number of aryl methyl sites for hydroxylation is 1. The zero-order chi connectivity index (χ0) is 21.9. The fraction of sp³-hybridized carbons (Fsp3) is 0.435. The molecule has 0 heterocycles. The highest BCUT2D eigenvalue weighted by Gasteiger charge is 2.45. The number of carbonyl (C=O) groups excluding carboxylic acids is 1. The molecule has 30 heavy (non-hydrogen) atoms. The summed E-state index contributed by atoms with van der Waals surface area (Å²) < 4.78 is 53.5. The van der Waals surface area contributed by atoms with Gasteiger partial charge in [0.2, 0.25) is 0 Å². The van der Waals surface area contributed by atoms with Crippen molar-refractivity contribution < 1.29 is 22.4 Å². The van der Waals surface area contributed by atoms with Crippen LogP contribution in [0.2, 0.25) is 0 Å². The van der Waals surface area contributed by atoms with Crippen molar-refractivity contribution in [2.45, 2.75) is 56.8 Å². The van der Waals surface area contributed by atoms with E-state index in [-0.39, 0.29) is 12.5 Å². The van der Waals surface area contributed by atoms with Gasteiger partial charge in [0.25, 0.3) is 0 Å². The second-order valence-corrected chi connectivity index (χ2v) is 8.14. The van der Waals surface area contributed by atoms with E-state index in [2.05, 4.69) is 10.6 Å². The van der Waals surface area contributed by atoms with Crippen LogP contribution in [0, 0.1) is 12.7 Å². The van der Waals surface area contributed by atoms with Crippen LogP contribution in [-0.2, 0) is 11.2 Å². The Hall–Kier alpha value is -2.41. The third kappa shape index (κ3) is 5.19. The van der Waals surface area contributed by atoms with E-state index in [9.17, 15) is 22.4 Å². The molecule has 3 rings (SSSR count). The second kappa shape index (κ2) is 8.76. The van der Waals surface area contributed by atoms with Gasteiger partial charge in [0, 0.05) is 11.6 Å². The molecule has 0 unspecified atom stereocenters. The molecule has 0 aromatic heterocycles. The third-order valence-electron chi connectivity index (χ3n) is 5.95. The SMILES string of the molecule is CNC1CCC(Cc2cc(-c3ccc(C)cc3)ccc2F)(NC(=O)C(F)(F)F)CC1. The zero-order valence-electron chi connectivity index (χ0n) is 17.1. The largest absolute Gasteiger partial charge is 0.471 e. The van der Waals surface area contributed by atoms with E-state index in [1.54, 1.807) is 19.2 Å². The number of rotatable bonds is 5. The van der Waals surface area contributed by atoms with Gasteiger partial charge in [-0.05, 0) is 74.9 Å². The molecule has 0 bridgehead atoms. The van der Waals surface area contributed by atoms with E-state index in [4.69, 9.17) is 0 Å². The smallest absolute Gasteiger partial charge is 0.343 e. The monoisotopic (exact) mass is 422 g/mol. The average molecular weight is 422 g/mol. The Balaban J connectivity index is 1.91. The van der Waals surface area contributed by atoms with Gasteiger partial charge < -0.3 is 10.6 Å². The first kappa shape index (κ1) is 22.3. The highest BCUT2D eigenvalue weighted by molar-refractivity contribution is 5.82. The summed E-state index contributed by atoms with van der Waals surface area (Å²) in [4.78, 5) is 11.7. The Bertz CT molecular complexity index is 885. The highest BCUT2D eigenvalue weighted by atomic mass is 19.4. The van der Waals surface area contributed by atoms with Crippen molar-refractivity contribution in [2.24, 2.45) is 0 Å². The number of benzene rings is 2. The number of hydrogen-bond acceptors (Lipinski definition) is 2. The topological polar surface area (TPSA) is 41.1 Å². The second-order valence-electron chi connectivity index (χ2n) is 8.14. The van der Waals surface area contributed by atoms with Crippen molar-refractivity contribution in [3.05, 3.63) is 59.4 Å². The molecule has 0 aliphatic heterocycles. The average Bonchev–Trinajstić information content (AvgIpc) is 2.70. The minimum Gasteiger partial charge on any atom is -0.343 e. The van der Waals surface area contributed by atoms with E-state index in [0.29, 0.717) is 31.2 Å². The van der Waals surface area contributed by atoms with E-state index in [1.807, 2.05) is 31.2 Å². The first-order valence-corrected chi connectivity index (χ1v) is 10.0. The fourth-order valence-electron chi connectivity index (χ4n) is 4.12. The fourth-order valence-corrected chi connectivity index (χ4v) is 4.12. The van der Waals surface area contributed by atoms with Gasteiger partial charge in [-0.3, -0.25) is 4.79 Å². The van der Waals surface area contributed by atoms with Crippen LogP contribution >= 0.6 is 0 Å². The molecule has 0 radical (unpaired) electrons. The lowest BCUT2D eigenvalue weighted by Gasteiger charge is -2.41. The Labute approximate surface area is 173 Å². The normalized spacial score (nSPS) is 22.0. The molecule has 0 spiro atoms. The van der Waals surface area contributed by atoms with Crippen molar-refractivity contribution in [1.82, 2.24) is 10.6 Å². The third-order valence-corrected chi connectivity index (χ3v) is 5.95. The van der Waals surface area contributed by atoms with E-state index in [0.717, 1.165) is 16.7 Å². The summed E-state index contributed by atoms with van der Waals surface area (Å²) in [7, 11) is 1.80.